The van der Waals surface area contributed by atoms with Crippen LogP contribution < -0.4 is 4.90 Å². The zero-order valence-electron chi connectivity index (χ0n) is 12.8. The summed E-state index contributed by atoms with van der Waals surface area (Å²) in [6.45, 7) is 2.93. The molecule has 3 nitrogen and oxygen atoms in total. The summed E-state index contributed by atoms with van der Waals surface area (Å²) in [5, 5.41) is 7.40. The number of thiophene rings is 1. The molecule has 0 bridgehead atoms. The van der Waals surface area contributed by atoms with Crippen molar-refractivity contribution >= 4 is 53.1 Å². The number of rotatable bonds is 1. The van der Waals surface area contributed by atoms with Crippen molar-refractivity contribution in [2.75, 3.05) is 11.4 Å². The van der Waals surface area contributed by atoms with Gasteiger partial charge in [-0.25, -0.2) is 9.97 Å². The monoisotopic (exact) mass is 461 g/mol. The maximum absolute atomic E-state index is 4.84. The number of aromatic nitrogens is 2. The first kappa shape index (κ1) is 15.9. The molecule has 0 aliphatic carbocycles. The molecule has 0 N–H and O–H groups in total. The topological polar surface area (TPSA) is 29.0 Å². The van der Waals surface area contributed by atoms with Gasteiger partial charge in [-0.1, -0.05) is 0 Å². The van der Waals surface area contributed by atoms with E-state index in [4.69, 9.17) is 4.98 Å². The first-order valence-electron chi connectivity index (χ1n) is 7.42. The molecule has 0 spiro atoms. The normalized spacial score (nSPS) is 11.7. The molecule has 0 aromatic carbocycles. The van der Waals surface area contributed by atoms with E-state index in [9.17, 15) is 0 Å². The Morgan fingerprint density at radius 1 is 1.12 bits per heavy atom. The first-order valence-corrected chi connectivity index (χ1v) is 11.7. The molecule has 1 aliphatic heterocycles. The lowest BCUT2D eigenvalue weighted by molar-refractivity contribution is 0.965. The third-order valence-electron chi connectivity index (χ3n) is 3.95. The Labute approximate surface area is 161 Å². The molecule has 0 saturated carbocycles. The van der Waals surface area contributed by atoms with Crippen molar-refractivity contribution in [1.82, 2.24) is 9.97 Å². The molecule has 0 atom stereocenters. The average molecular weight is 461 g/mol. The van der Waals surface area contributed by atoms with Gasteiger partial charge < -0.3 is 4.90 Å². The predicted molar refractivity (Wildman–Crippen MR) is 112 cm³/mol. The Morgan fingerprint density at radius 3 is 2.67 bits per heavy atom. The minimum absolute atomic E-state index is 0.785. The molecule has 0 radical (unpaired) electrons. The number of halogens is 1. The average Bonchev–Trinajstić information content (AvgIpc) is 3.07. The summed E-state index contributed by atoms with van der Waals surface area (Å²) in [4.78, 5) is 11.7. The number of pyridine rings is 2. The van der Waals surface area contributed by atoms with Gasteiger partial charge in [0, 0.05) is 56.2 Å². The van der Waals surface area contributed by atoms with Gasteiger partial charge in [0.05, 0.1) is 0 Å². The summed E-state index contributed by atoms with van der Waals surface area (Å²) >= 11 is 3.88. The highest BCUT2D eigenvalue weighted by Gasteiger charge is 2.26. The van der Waals surface area contributed by atoms with Crippen LogP contribution in [-0.4, -0.2) is 16.5 Å². The van der Waals surface area contributed by atoms with Crippen molar-refractivity contribution in [2.45, 2.75) is 6.92 Å². The maximum Gasteiger partial charge on any atom is 0.143 e. The van der Waals surface area contributed by atoms with Crippen molar-refractivity contribution in [3.05, 3.63) is 46.9 Å². The second kappa shape index (κ2) is 6.75. The van der Waals surface area contributed by atoms with Gasteiger partial charge >= 0.3 is 0 Å². The molecule has 3 aromatic rings. The number of nitrogens with zero attached hydrogens (tertiary/aromatic N) is 3. The van der Waals surface area contributed by atoms with Crippen molar-refractivity contribution in [3.63, 3.8) is 0 Å². The van der Waals surface area contributed by atoms with Crippen LogP contribution in [0.15, 0.2) is 41.2 Å². The molecule has 0 amide bonds. The van der Waals surface area contributed by atoms with Crippen molar-refractivity contribution in [3.8, 4) is 33.4 Å². The number of fused-ring (bicyclic) bond motifs is 5. The van der Waals surface area contributed by atoms with Crippen LogP contribution in [0.4, 0.5) is 11.6 Å². The highest BCUT2D eigenvalue weighted by molar-refractivity contribution is 14.2. The van der Waals surface area contributed by atoms with Crippen LogP contribution in [0.3, 0.4) is 0 Å². The van der Waals surface area contributed by atoms with Gasteiger partial charge in [0.1, 0.15) is 17.3 Å². The Bertz CT molecular complexity index is 972. The van der Waals surface area contributed by atoms with Gasteiger partial charge in [-0.05, 0) is 62.1 Å². The number of anilines is 2. The SMILES string of the molecule is CCN1c2ncccc2-c2cscc2-c2ccc(C#CSI)nc21. The lowest BCUT2D eigenvalue weighted by Crippen LogP contribution is -2.19. The fourth-order valence-electron chi connectivity index (χ4n) is 2.94. The fraction of sp³-hybridized carbons (Fsp3) is 0.111. The molecule has 6 heteroatoms. The Balaban J connectivity index is 2.02. The quantitative estimate of drug-likeness (QED) is 0.342. The predicted octanol–water partition coefficient (Wildman–Crippen LogP) is 5.74. The van der Waals surface area contributed by atoms with E-state index >= 15 is 0 Å². The standard InChI is InChI=1S/C18H12IN3S2/c1-2-22-17-13(4-3-8-20-17)15-10-23-11-16(15)14-6-5-12(7-9-24-19)21-18(14)22/h3-6,8,10-11H,2H2,1H3. The second-order valence-electron chi connectivity index (χ2n) is 5.19. The first-order chi connectivity index (χ1) is 11.8. The molecule has 24 heavy (non-hydrogen) atoms. The zero-order valence-corrected chi connectivity index (χ0v) is 16.6. The van der Waals surface area contributed by atoms with E-state index < -0.39 is 0 Å². The molecule has 0 fully saturated rings. The summed E-state index contributed by atoms with van der Waals surface area (Å²) < 4.78 is 0. The van der Waals surface area contributed by atoms with Crippen molar-refractivity contribution in [1.29, 1.82) is 0 Å². The molecule has 3 aromatic heterocycles. The Hall–Kier alpha value is -1.56. The van der Waals surface area contributed by atoms with Gasteiger partial charge in [0.25, 0.3) is 0 Å². The molecule has 4 rings (SSSR count). The second-order valence-corrected chi connectivity index (χ2v) is 7.61. The minimum Gasteiger partial charge on any atom is -0.310 e. The van der Waals surface area contributed by atoms with E-state index in [2.05, 4.69) is 72.1 Å². The molecular formula is C18H12IN3S2. The molecule has 118 valence electrons. The smallest absolute Gasteiger partial charge is 0.143 e. The van der Waals surface area contributed by atoms with Gasteiger partial charge in [-0.15, -0.1) is 0 Å². The van der Waals surface area contributed by atoms with Crippen molar-refractivity contribution in [2.24, 2.45) is 0 Å². The van der Waals surface area contributed by atoms with E-state index in [1.54, 1.807) is 11.3 Å². The Morgan fingerprint density at radius 2 is 1.92 bits per heavy atom. The van der Waals surface area contributed by atoms with E-state index in [0.29, 0.717) is 0 Å². The molecule has 0 unspecified atom stereocenters. The number of hydrogen-bond acceptors (Lipinski definition) is 5. The summed E-state index contributed by atoms with van der Waals surface area (Å²) in [6.07, 6.45) is 1.84. The lowest BCUT2D eigenvalue weighted by atomic mass is 10.0. The van der Waals surface area contributed by atoms with Crippen LogP contribution in [0.25, 0.3) is 22.3 Å². The summed E-state index contributed by atoms with van der Waals surface area (Å²) in [5.74, 6) is 4.99. The van der Waals surface area contributed by atoms with Gasteiger partial charge in [0.15, 0.2) is 0 Å². The van der Waals surface area contributed by atoms with Crippen molar-refractivity contribution < 1.29 is 0 Å². The van der Waals surface area contributed by atoms with E-state index in [1.165, 1.54) is 20.1 Å². The summed E-state index contributed by atoms with van der Waals surface area (Å²) in [6, 6.07) is 8.25. The van der Waals surface area contributed by atoms with Gasteiger partial charge in [-0.3, -0.25) is 0 Å². The molecule has 0 saturated heterocycles. The van der Waals surface area contributed by atoms with Crippen LogP contribution in [0, 0.1) is 11.2 Å². The third-order valence-corrected chi connectivity index (χ3v) is 5.53. The van der Waals surface area contributed by atoms with E-state index in [0.717, 1.165) is 35.0 Å². The minimum atomic E-state index is 0.785. The number of hydrogen-bond donors (Lipinski definition) is 0. The molecule has 1 aliphatic rings. The Kier molecular flexibility index (Phi) is 4.48. The highest BCUT2D eigenvalue weighted by atomic mass is 127. The molecular weight excluding hydrogens is 449 g/mol. The van der Waals surface area contributed by atoms with Gasteiger partial charge in [0.2, 0.25) is 0 Å². The van der Waals surface area contributed by atoms with Crippen LogP contribution in [0.2, 0.25) is 0 Å². The van der Waals surface area contributed by atoms with Crippen LogP contribution >= 0.6 is 41.5 Å². The highest BCUT2D eigenvalue weighted by Crippen LogP contribution is 2.47. The van der Waals surface area contributed by atoms with E-state index in [-0.39, 0.29) is 0 Å². The fourth-order valence-corrected chi connectivity index (χ4v) is 4.26. The summed E-state index contributed by atoms with van der Waals surface area (Å²) in [7, 11) is 1.47. The maximum atomic E-state index is 4.84. The van der Waals surface area contributed by atoms with Crippen LogP contribution in [0.5, 0.6) is 0 Å². The molecule has 4 heterocycles. The zero-order chi connectivity index (χ0) is 16.5. The van der Waals surface area contributed by atoms with E-state index in [1.807, 2.05) is 18.3 Å². The summed E-state index contributed by atoms with van der Waals surface area (Å²) in [5.41, 5.74) is 5.52. The van der Waals surface area contributed by atoms with Crippen LogP contribution in [-0.2, 0) is 0 Å². The third kappa shape index (κ3) is 2.61. The van der Waals surface area contributed by atoms with Gasteiger partial charge in [-0.2, -0.15) is 11.3 Å². The largest absolute Gasteiger partial charge is 0.310 e. The van der Waals surface area contributed by atoms with Crippen LogP contribution in [0.1, 0.15) is 12.6 Å². The lowest BCUT2D eigenvalue weighted by Gasteiger charge is -2.23.